The van der Waals surface area contributed by atoms with Crippen molar-refractivity contribution in [3.8, 4) is 0 Å². The SMILES string of the molecule is CC1(C)OB(/C=C/c2[nH]c(=O)ccc2[N+](=O)[O-])OC1(C)C. The molecule has 1 saturated heterocycles. The van der Waals surface area contributed by atoms with E-state index in [9.17, 15) is 14.9 Å². The maximum absolute atomic E-state index is 11.3. The van der Waals surface area contributed by atoms with Gasteiger partial charge in [-0.05, 0) is 33.8 Å². The Kier molecular flexibility index (Phi) is 3.77. The van der Waals surface area contributed by atoms with E-state index in [-0.39, 0.29) is 11.4 Å². The maximum atomic E-state index is 11.3. The van der Waals surface area contributed by atoms with E-state index in [0.29, 0.717) is 0 Å². The number of H-pyrrole nitrogens is 1. The van der Waals surface area contributed by atoms with Crippen LogP contribution < -0.4 is 5.56 Å². The summed E-state index contributed by atoms with van der Waals surface area (Å²) in [6, 6.07) is 2.28. The number of nitrogens with zero attached hydrogens (tertiary/aromatic N) is 1. The quantitative estimate of drug-likeness (QED) is 0.522. The number of nitro groups is 1. The fraction of sp³-hybridized carbons (Fsp3) is 0.462. The molecule has 0 spiro atoms. The standard InChI is InChI=1S/C13H17BN2O5/c1-12(2)13(3,4)21-14(20-12)8-7-9-10(16(18)19)5-6-11(17)15-9/h5-8H,1-4H3,(H,15,17)/b8-7+. The summed E-state index contributed by atoms with van der Waals surface area (Å²) in [4.78, 5) is 24.1. The summed E-state index contributed by atoms with van der Waals surface area (Å²) in [5.41, 5.74) is -1.45. The number of rotatable bonds is 3. The number of aromatic nitrogens is 1. The number of aromatic amines is 1. The summed E-state index contributed by atoms with van der Waals surface area (Å²) in [5, 5.41) is 10.9. The summed E-state index contributed by atoms with van der Waals surface area (Å²) < 4.78 is 11.5. The van der Waals surface area contributed by atoms with Crippen LogP contribution in [0.3, 0.4) is 0 Å². The molecule has 21 heavy (non-hydrogen) atoms. The molecule has 0 amide bonds. The van der Waals surface area contributed by atoms with Crippen molar-refractivity contribution in [1.29, 1.82) is 0 Å². The monoisotopic (exact) mass is 292 g/mol. The Hall–Kier alpha value is -1.93. The number of nitrogens with one attached hydrogen (secondary N) is 1. The Labute approximate surface area is 122 Å². The molecular weight excluding hydrogens is 275 g/mol. The van der Waals surface area contributed by atoms with E-state index in [2.05, 4.69) is 4.98 Å². The Morgan fingerprint density at radius 2 is 1.81 bits per heavy atom. The minimum Gasteiger partial charge on any atom is -0.400 e. The molecular formula is C13H17BN2O5. The molecule has 1 fully saturated rings. The van der Waals surface area contributed by atoms with Crippen molar-refractivity contribution >= 4 is 18.9 Å². The zero-order valence-corrected chi connectivity index (χ0v) is 12.4. The third-order valence-corrected chi connectivity index (χ3v) is 3.81. The molecule has 1 aliphatic heterocycles. The number of hydrogen-bond acceptors (Lipinski definition) is 5. The van der Waals surface area contributed by atoms with Gasteiger partial charge in [0.25, 0.3) is 5.69 Å². The molecule has 2 heterocycles. The molecule has 2 rings (SSSR count). The van der Waals surface area contributed by atoms with E-state index in [1.54, 1.807) is 5.98 Å². The lowest BCUT2D eigenvalue weighted by Gasteiger charge is -2.32. The first-order valence-electron chi connectivity index (χ1n) is 6.54. The summed E-state index contributed by atoms with van der Waals surface area (Å²) in [6.45, 7) is 7.64. The van der Waals surface area contributed by atoms with E-state index < -0.39 is 28.8 Å². The Balaban J connectivity index is 2.26. The average molecular weight is 292 g/mol. The largest absolute Gasteiger partial charge is 0.487 e. The highest BCUT2D eigenvalue weighted by molar-refractivity contribution is 6.52. The molecule has 1 aromatic rings. The van der Waals surface area contributed by atoms with Crippen molar-refractivity contribution in [1.82, 2.24) is 4.98 Å². The van der Waals surface area contributed by atoms with Gasteiger partial charge < -0.3 is 14.3 Å². The van der Waals surface area contributed by atoms with Crippen LogP contribution >= 0.6 is 0 Å². The molecule has 7 nitrogen and oxygen atoms in total. The molecule has 0 aliphatic carbocycles. The van der Waals surface area contributed by atoms with Crippen molar-refractivity contribution in [3.63, 3.8) is 0 Å². The number of pyridine rings is 1. The van der Waals surface area contributed by atoms with Crippen LogP contribution in [0.2, 0.25) is 0 Å². The van der Waals surface area contributed by atoms with Gasteiger partial charge in [0.15, 0.2) is 0 Å². The molecule has 0 atom stereocenters. The second-order valence-electron chi connectivity index (χ2n) is 5.86. The van der Waals surface area contributed by atoms with Crippen LogP contribution in [0.1, 0.15) is 33.4 Å². The molecule has 1 aliphatic rings. The lowest BCUT2D eigenvalue weighted by molar-refractivity contribution is -0.385. The second kappa shape index (κ2) is 5.12. The molecule has 0 unspecified atom stereocenters. The van der Waals surface area contributed by atoms with Gasteiger partial charge in [-0.2, -0.15) is 0 Å². The van der Waals surface area contributed by atoms with Crippen LogP contribution in [-0.2, 0) is 9.31 Å². The highest BCUT2D eigenvalue weighted by atomic mass is 16.7. The van der Waals surface area contributed by atoms with E-state index in [1.165, 1.54) is 12.1 Å². The molecule has 1 aromatic heterocycles. The molecule has 0 saturated carbocycles. The van der Waals surface area contributed by atoms with Crippen LogP contribution in [0.5, 0.6) is 0 Å². The highest BCUT2D eigenvalue weighted by Crippen LogP contribution is 2.37. The predicted octanol–water partition coefficient (Wildman–Crippen LogP) is 1.93. The summed E-state index contributed by atoms with van der Waals surface area (Å²) in [7, 11) is -0.627. The van der Waals surface area contributed by atoms with E-state index in [0.717, 1.165) is 6.07 Å². The summed E-state index contributed by atoms with van der Waals surface area (Å²) in [6.07, 6.45) is 1.43. The second-order valence-corrected chi connectivity index (χ2v) is 5.86. The zero-order chi connectivity index (χ0) is 15.8. The molecule has 0 radical (unpaired) electrons. The van der Waals surface area contributed by atoms with Gasteiger partial charge in [0.05, 0.1) is 16.1 Å². The molecule has 0 bridgehead atoms. The topological polar surface area (TPSA) is 94.5 Å². The average Bonchev–Trinajstić information content (AvgIpc) is 2.55. The van der Waals surface area contributed by atoms with Crippen LogP contribution in [0.4, 0.5) is 5.69 Å². The lowest BCUT2D eigenvalue weighted by Crippen LogP contribution is -2.41. The van der Waals surface area contributed by atoms with Gasteiger partial charge in [0, 0.05) is 12.1 Å². The molecule has 0 aromatic carbocycles. The van der Waals surface area contributed by atoms with Crippen LogP contribution in [-0.4, -0.2) is 28.2 Å². The normalized spacial score (nSPS) is 20.1. The lowest BCUT2D eigenvalue weighted by atomic mass is 9.89. The van der Waals surface area contributed by atoms with Gasteiger partial charge in [-0.15, -0.1) is 0 Å². The van der Waals surface area contributed by atoms with E-state index >= 15 is 0 Å². The summed E-state index contributed by atoms with van der Waals surface area (Å²) in [5.74, 6) is 1.55. The van der Waals surface area contributed by atoms with E-state index in [4.69, 9.17) is 9.31 Å². The van der Waals surface area contributed by atoms with E-state index in [1.807, 2.05) is 27.7 Å². The molecule has 112 valence electrons. The minimum absolute atomic E-state index is 0.113. The minimum atomic E-state index is -0.627. The zero-order valence-electron chi connectivity index (χ0n) is 12.4. The van der Waals surface area contributed by atoms with Crippen molar-refractivity contribution in [2.45, 2.75) is 38.9 Å². The van der Waals surface area contributed by atoms with Crippen LogP contribution in [0.15, 0.2) is 22.9 Å². The maximum Gasteiger partial charge on any atom is 0.487 e. The van der Waals surface area contributed by atoms with Gasteiger partial charge in [0.1, 0.15) is 5.69 Å². The van der Waals surface area contributed by atoms with Crippen LogP contribution in [0.25, 0.3) is 6.08 Å². The Bertz CT molecular complexity index is 634. The Morgan fingerprint density at radius 1 is 1.24 bits per heavy atom. The first-order chi connectivity index (χ1) is 9.62. The number of hydrogen-bond donors (Lipinski definition) is 1. The fourth-order valence-electron chi connectivity index (χ4n) is 1.91. The Morgan fingerprint density at radius 3 is 2.33 bits per heavy atom. The van der Waals surface area contributed by atoms with Gasteiger partial charge in [-0.25, -0.2) is 0 Å². The third-order valence-electron chi connectivity index (χ3n) is 3.81. The van der Waals surface area contributed by atoms with Crippen molar-refractivity contribution in [2.75, 3.05) is 0 Å². The first-order valence-corrected chi connectivity index (χ1v) is 6.54. The van der Waals surface area contributed by atoms with Gasteiger partial charge >= 0.3 is 7.12 Å². The summed E-state index contributed by atoms with van der Waals surface area (Å²) >= 11 is 0. The first kappa shape index (κ1) is 15.5. The predicted molar refractivity (Wildman–Crippen MR) is 78.8 cm³/mol. The molecule has 1 N–H and O–H groups in total. The van der Waals surface area contributed by atoms with Gasteiger partial charge in [0.2, 0.25) is 5.56 Å². The van der Waals surface area contributed by atoms with Crippen molar-refractivity contribution in [3.05, 3.63) is 44.3 Å². The van der Waals surface area contributed by atoms with Crippen molar-refractivity contribution in [2.24, 2.45) is 0 Å². The highest BCUT2D eigenvalue weighted by Gasteiger charge is 2.50. The van der Waals surface area contributed by atoms with Crippen molar-refractivity contribution < 1.29 is 14.2 Å². The third kappa shape index (κ3) is 3.06. The smallest absolute Gasteiger partial charge is 0.400 e. The van der Waals surface area contributed by atoms with Crippen LogP contribution in [0, 0.1) is 10.1 Å². The molecule has 8 heteroatoms. The fourth-order valence-corrected chi connectivity index (χ4v) is 1.91. The van der Waals surface area contributed by atoms with Gasteiger partial charge in [-0.3, -0.25) is 14.9 Å². The van der Waals surface area contributed by atoms with Gasteiger partial charge in [-0.1, -0.05) is 5.98 Å².